The summed E-state index contributed by atoms with van der Waals surface area (Å²) in [5, 5.41) is 29.8. The van der Waals surface area contributed by atoms with Crippen molar-refractivity contribution >= 4 is 23.2 Å². The first-order valence-corrected chi connectivity index (χ1v) is 9.77. The lowest BCUT2D eigenvalue weighted by Crippen LogP contribution is -2.42. The van der Waals surface area contributed by atoms with Gasteiger partial charge in [-0.15, -0.1) is 10.2 Å². The molecule has 1 saturated heterocycles. The Labute approximate surface area is 168 Å². The van der Waals surface area contributed by atoms with Crippen molar-refractivity contribution in [2.24, 2.45) is 5.92 Å². The average Bonchev–Trinajstić information content (AvgIpc) is 3.17. The lowest BCUT2D eigenvalue weighted by molar-refractivity contribution is 0.0958. The number of amides is 1. The molecule has 10 heteroatoms. The summed E-state index contributed by atoms with van der Waals surface area (Å²) in [6.07, 6.45) is 7.34. The molecule has 0 radical (unpaired) electrons. The summed E-state index contributed by atoms with van der Waals surface area (Å²) < 4.78 is 0. The molecule has 150 valence electrons. The highest BCUT2D eigenvalue weighted by molar-refractivity contribution is 5.97. The number of carbonyl (C=O) groups excluding carboxylic acids is 1. The fourth-order valence-corrected chi connectivity index (χ4v) is 4.16. The molecule has 1 aliphatic heterocycles. The molecule has 1 saturated carbocycles. The van der Waals surface area contributed by atoms with Crippen molar-refractivity contribution in [2.75, 3.05) is 24.2 Å². The first-order chi connectivity index (χ1) is 14.2. The van der Waals surface area contributed by atoms with Crippen molar-refractivity contribution in [3.05, 3.63) is 29.8 Å². The van der Waals surface area contributed by atoms with Gasteiger partial charge in [0.15, 0.2) is 17.2 Å². The fraction of sp³-hybridized carbons (Fsp3) is 0.474. The minimum atomic E-state index is -0.291. The molecule has 0 bridgehead atoms. The Morgan fingerprint density at radius 1 is 1.21 bits per heavy atom. The number of anilines is 3. The fourth-order valence-electron chi connectivity index (χ4n) is 4.16. The Balaban J connectivity index is 1.57. The van der Waals surface area contributed by atoms with Crippen molar-refractivity contribution in [3.8, 4) is 6.07 Å². The third-order valence-corrected chi connectivity index (χ3v) is 5.54. The smallest absolute Gasteiger partial charge is 0.273 e. The van der Waals surface area contributed by atoms with E-state index >= 15 is 0 Å². The third-order valence-electron chi connectivity index (χ3n) is 5.54. The number of hydrogen-bond acceptors (Lipinski definition) is 9. The predicted molar refractivity (Wildman–Crippen MR) is 107 cm³/mol. The maximum Gasteiger partial charge on any atom is 0.273 e. The summed E-state index contributed by atoms with van der Waals surface area (Å²) >= 11 is 0. The van der Waals surface area contributed by atoms with Gasteiger partial charge in [0.2, 0.25) is 0 Å². The number of nitrogens with one attached hydrogen (secondary N) is 4. The second-order valence-corrected chi connectivity index (χ2v) is 7.29. The van der Waals surface area contributed by atoms with Gasteiger partial charge in [0.1, 0.15) is 11.9 Å². The Kier molecular flexibility index (Phi) is 5.48. The van der Waals surface area contributed by atoms with Crippen molar-refractivity contribution in [2.45, 2.75) is 37.8 Å². The van der Waals surface area contributed by atoms with Gasteiger partial charge in [-0.25, -0.2) is 9.97 Å². The molecule has 3 unspecified atom stereocenters. The van der Waals surface area contributed by atoms with Crippen molar-refractivity contribution < 1.29 is 4.79 Å². The van der Waals surface area contributed by atoms with Crippen LogP contribution in [0, 0.1) is 17.2 Å². The molecular formula is C19H23N9O. The summed E-state index contributed by atoms with van der Waals surface area (Å²) in [7, 11) is 1.57. The predicted octanol–water partition coefficient (Wildman–Crippen LogP) is 1.18. The van der Waals surface area contributed by atoms with Crippen LogP contribution in [0.15, 0.2) is 18.5 Å². The molecule has 0 spiro atoms. The zero-order chi connectivity index (χ0) is 20.2. The van der Waals surface area contributed by atoms with E-state index in [1.165, 1.54) is 25.2 Å². The van der Waals surface area contributed by atoms with Gasteiger partial charge in [0.25, 0.3) is 5.91 Å². The molecule has 2 aromatic rings. The van der Waals surface area contributed by atoms with Crippen LogP contribution in [0.3, 0.4) is 0 Å². The molecule has 4 rings (SSSR count). The molecule has 2 aromatic heterocycles. The number of rotatable bonds is 5. The maximum absolute atomic E-state index is 12.3. The molecule has 1 aliphatic carbocycles. The largest absolute Gasteiger partial charge is 0.380 e. The summed E-state index contributed by atoms with van der Waals surface area (Å²) in [4.78, 5) is 20.4. The molecule has 2 fully saturated rings. The number of piperidine rings is 1. The first kappa shape index (κ1) is 19.0. The summed E-state index contributed by atoms with van der Waals surface area (Å²) in [5.41, 5.74) is 1.13. The van der Waals surface area contributed by atoms with E-state index in [1.807, 2.05) is 6.07 Å². The lowest BCUT2D eigenvalue weighted by atomic mass is 9.91. The van der Waals surface area contributed by atoms with Crippen LogP contribution in [0.1, 0.15) is 41.9 Å². The van der Waals surface area contributed by atoms with Gasteiger partial charge in [-0.1, -0.05) is 0 Å². The zero-order valence-corrected chi connectivity index (χ0v) is 16.1. The van der Waals surface area contributed by atoms with Gasteiger partial charge in [-0.3, -0.25) is 4.79 Å². The summed E-state index contributed by atoms with van der Waals surface area (Å²) in [6.45, 7) is 1.08. The normalized spacial score (nSPS) is 23.0. The number of nitriles is 1. The van der Waals surface area contributed by atoms with Gasteiger partial charge in [-0.2, -0.15) is 5.26 Å². The van der Waals surface area contributed by atoms with Crippen LogP contribution in [0.2, 0.25) is 0 Å². The Morgan fingerprint density at radius 3 is 2.86 bits per heavy atom. The molecule has 3 heterocycles. The maximum atomic E-state index is 12.3. The summed E-state index contributed by atoms with van der Waals surface area (Å²) in [6, 6.07) is 4.51. The third kappa shape index (κ3) is 4.09. The van der Waals surface area contributed by atoms with E-state index in [-0.39, 0.29) is 23.3 Å². The number of aromatic nitrogens is 4. The molecule has 0 aromatic carbocycles. The highest BCUT2D eigenvalue weighted by Crippen LogP contribution is 2.35. The van der Waals surface area contributed by atoms with E-state index in [4.69, 9.17) is 5.26 Å². The lowest BCUT2D eigenvalue weighted by Gasteiger charge is -2.31. The van der Waals surface area contributed by atoms with Crippen LogP contribution in [0.4, 0.5) is 17.3 Å². The Morgan fingerprint density at radius 2 is 2.10 bits per heavy atom. The van der Waals surface area contributed by atoms with Crippen LogP contribution in [0.25, 0.3) is 0 Å². The second kappa shape index (κ2) is 8.36. The number of hydrogen-bond donors (Lipinski definition) is 4. The highest BCUT2D eigenvalue weighted by Gasteiger charge is 2.37. The van der Waals surface area contributed by atoms with Gasteiger partial charge >= 0.3 is 0 Å². The van der Waals surface area contributed by atoms with E-state index in [9.17, 15) is 4.79 Å². The topological polar surface area (TPSA) is 141 Å². The molecule has 29 heavy (non-hydrogen) atoms. The monoisotopic (exact) mass is 393 g/mol. The minimum Gasteiger partial charge on any atom is -0.380 e. The molecule has 10 nitrogen and oxygen atoms in total. The standard InChI is InChI=1S/C19H23N9O/c1-21-19(29)18-15(25-14-5-4-13-12(14)3-2-6-22-13)7-16(27-28-18)26-17-10-23-11(8-20)9-24-17/h7,9-10,12-14,22H,2-6H2,1H3,(H,21,29)(H2,24,25,26,27). The first-order valence-electron chi connectivity index (χ1n) is 9.77. The van der Waals surface area contributed by atoms with Crippen LogP contribution >= 0.6 is 0 Å². The van der Waals surface area contributed by atoms with E-state index in [0.717, 1.165) is 19.4 Å². The van der Waals surface area contributed by atoms with Gasteiger partial charge in [-0.05, 0) is 38.1 Å². The zero-order valence-electron chi connectivity index (χ0n) is 16.1. The van der Waals surface area contributed by atoms with Crippen molar-refractivity contribution in [3.63, 3.8) is 0 Å². The number of nitrogens with zero attached hydrogens (tertiary/aromatic N) is 5. The number of fused-ring (bicyclic) bond motifs is 1. The van der Waals surface area contributed by atoms with Crippen LogP contribution in [-0.2, 0) is 0 Å². The van der Waals surface area contributed by atoms with E-state index in [2.05, 4.69) is 41.4 Å². The van der Waals surface area contributed by atoms with Crippen LogP contribution in [0.5, 0.6) is 0 Å². The Hall–Kier alpha value is -3.32. The van der Waals surface area contributed by atoms with Crippen molar-refractivity contribution in [1.29, 1.82) is 5.26 Å². The quantitative estimate of drug-likeness (QED) is 0.589. The molecule has 4 N–H and O–H groups in total. The molecule has 3 atom stereocenters. The van der Waals surface area contributed by atoms with Crippen LogP contribution < -0.4 is 21.3 Å². The van der Waals surface area contributed by atoms with E-state index in [1.54, 1.807) is 13.1 Å². The van der Waals surface area contributed by atoms with Gasteiger partial charge in [0, 0.05) is 25.2 Å². The van der Waals surface area contributed by atoms with Crippen LogP contribution in [-0.4, -0.2) is 51.7 Å². The SMILES string of the molecule is CNC(=O)c1nnc(Nc2cnc(C#N)cn2)cc1NC1CCC2NCCCC21. The Bertz CT molecular complexity index is 924. The van der Waals surface area contributed by atoms with E-state index < -0.39 is 0 Å². The molecule has 1 amide bonds. The number of carbonyl (C=O) groups is 1. The van der Waals surface area contributed by atoms with Gasteiger partial charge < -0.3 is 21.3 Å². The van der Waals surface area contributed by atoms with E-state index in [0.29, 0.717) is 29.3 Å². The molecular weight excluding hydrogens is 370 g/mol. The average molecular weight is 393 g/mol. The second-order valence-electron chi connectivity index (χ2n) is 7.29. The highest BCUT2D eigenvalue weighted by atomic mass is 16.1. The minimum absolute atomic E-state index is 0.232. The molecule has 2 aliphatic rings. The van der Waals surface area contributed by atoms with Gasteiger partial charge in [0.05, 0.1) is 18.1 Å². The van der Waals surface area contributed by atoms with Crippen molar-refractivity contribution in [1.82, 2.24) is 30.8 Å². The summed E-state index contributed by atoms with van der Waals surface area (Å²) in [5.74, 6) is 1.13.